The molecule has 0 spiro atoms. The number of ether oxygens (including phenoxy) is 1. The molecule has 3 nitrogen and oxygen atoms in total. The number of hydrogen-bond acceptors (Lipinski definition) is 3. The number of amides is 1. The fraction of sp³-hybridized carbons (Fsp3) is 0.133. The minimum atomic E-state index is -2.46. The number of hydrogen-bond donors (Lipinski definition) is 1. The Hall–Kier alpha value is -1.79. The molecule has 22 heavy (non-hydrogen) atoms. The van der Waals surface area contributed by atoms with E-state index >= 15 is 0 Å². The Bertz CT molecular complexity index is 620. The lowest BCUT2D eigenvalue weighted by Crippen LogP contribution is -2.20. The number of halogens is 3. The first-order valence-electron chi connectivity index (χ1n) is 6.26. The predicted octanol–water partition coefficient (Wildman–Crippen LogP) is 4.67. The maximum absolute atomic E-state index is 12.2. The van der Waals surface area contributed by atoms with Crippen molar-refractivity contribution in [2.75, 3.05) is 11.9 Å². The highest BCUT2D eigenvalue weighted by Crippen LogP contribution is 2.26. The summed E-state index contributed by atoms with van der Waals surface area (Å²) in [5, 5.41) is 3.20. The SMILES string of the molecule is O=C(COc1ccc(Cl)cc1)Nc1ccc(SC(F)F)cc1. The highest BCUT2D eigenvalue weighted by Gasteiger charge is 2.07. The minimum absolute atomic E-state index is 0.158. The van der Waals surface area contributed by atoms with Crippen molar-refractivity contribution in [3.8, 4) is 5.75 Å². The summed E-state index contributed by atoms with van der Waals surface area (Å²) >= 11 is 6.20. The Morgan fingerprint density at radius 2 is 1.77 bits per heavy atom. The zero-order valence-electron chi connectivity index (χ0n) is 11.3. The Balaban J connectivity index is 1.82. The lowest BCUT2D eigenvalue weighted by atomic mass is 10.3. The van der Waals surface area contributed by atoms with Crippen LogP contribution in [0.5, 0.6) is 5.75 Å². The minimum Gasteiger partial charge on any atom is -0.484 e. The second-order valence-corrected chi connectivity index (χ2v) is 5.69. The normalized spacial score (nSPS) is 10.5. The van der Waals surface area contributed by atoms with Crippen molar-refractivity contribution in [2.24, 2.45) is 0 Å². The zero-order valence-corrected chi connectivity index (χ0v) is 12.8. The van der Waals surface area contributed by atoms with E-state index in [0.717, 1.165) is 0 Å². The van der Waals surface area contributed by atoms with Crippen LogP contribution < -0.4 is 10.1 Å². The molecule has 0 heterocycles. The van der Waals surface area contributed by atoms with Crippen LogP contribution in [0.4, 0.5) is 14.5 Å². The summed E-state index contributed by atoms with van der Waals surface area (Å²) in [4.78, 5) is 12.2. The summed E-state index contributed by atoms with van der Waals surface area (Å²) in [7, 11) is 0. The van der Waals surface area contributed by atoms with Crippen molar-refractivity contribution >= 4 is 35.0 Å². The van der Waals surface area contributed by atoms with Crippen LogP contribution in [0.3, 0.4) is 0 Å². The number of rotatable bonds is 6. The second-order valence-electron chi connectivity index (χ2n) is 4.19. The summed E-state index contributed by atoms with van der Waals surface area (Å²) in [5.41, 5.74) is 0.517. The van der Waals surface area contributed by atoms with Crippen molar-refractivity contribution < 1.29 is 18.3 Å². The maximum atomic E-state index is 12.2. The Morgan fingerprint density at radius 3 is 2.36 bits per heavy atom. The van der Waals surface area contributed by atoms with Gasteiger partial charge in [0.05, 0.1) is 0 Å². The maximum Gasteiger partial charge on any atom is 0.288 e. The third-order valence-electron chi connectivity index (χ3n) is 2.55. The predicted molar refractivity (Wildman–Crippen MR) is 83.9 cm³/mol. The van der Waals surface area contributed by atoms with Gasteiger partial charge in [-0.3, -0.25) is 4.79 Å². The van der Waals surface area contributed by atoms with Crippen LogP contribution in [0.2, 0.25) is 5.02 Å². The summed E-state index contributed by atoms with van der Waals surface area (Å²) < 4.78 is 29.7. The molecule has 0 unspecified atom stereocenters. The van der Waals surface area contributed by atoms with Gasteiger partial charge in [0.2, 0.25) is 0 Å². The topological polar surface area (TPSA) is 38.3 Å². The fourth-order valence-electron chi connectivity index (χ4n) is 1.60. The zero-order chi connectivity index (χ0) is 15.9. The third-order valence-corrected chi connectivity index (χ3v) is 3.52. The van der Waals surface area contributed by atoms with E-state index < -0.39 is 5.76 Å². The molecule has 1 N–H and O–H groups in total. The monoisotopic (exact) mass is 343 g/mol. The van der Waals surface area contributed by atoms with Crippen molar-refractivity contribution in [1.82, 2.24) is 0 Å². The summed E-state index contributed by atoms with van der Waals surface area (Å²) in [5.74, 6) is -2.28. The molecule has 0 fully saturated rings. The largest absolute Gasteiger partial charge is 0.484 e. The molecule has 0 aromatic heterocycles. The quantitative estimate of drug-likeness (QED) is 0.774. The number of carbonyl (C=O) groups is 1. The first kappa shape index (κ1) is 16.6. The van der Waals surface area contributed by atoms with Gasteiger partial charge in [0.1, 0.15) is 5.75 Å². The summed E-state index contributed by atoms with van der Waals surface area (Å²) in [6.07, 6.45) is 0. The number of benzene rings is 2. The van der Waals surface area contributed by atoms with Gasteiger partial charge in [0.15, 0.2) is 6.61 Å². The number of anilines is 1. The molecule has 0 saturated heterocycles. The molecule has 0 saturated carbocycles. The van der Waals surface area contributed by atoms with Crippen molar-refractivity contribution in [3.05, 3.63) is 53.6 Å². The molecule has 116 valence electrons. The average molecular weight is 344 g/mol. The van der Waals surface area contributed by atoms with Crippen molar-refractivity contribution in [2.45, 2.75) is 10.7 Å². The highest BCUT2D eigenvalue weighted by atomic mass is 35.5. The molecule has 0 aliphatic heterocycles. The van der Waals surface area contributed by atoms with E-state index in [0.29, 0.717) is 33.1 Å². The third kappa shape index (κ3) is 5.54. The molecule has 0 atom stereocenters. The summed E-state index contributed by atoms with van der Waals surface area (Å²) in [6, 6.07) is 12.8. The van der Waals surface area contributed by atoms with E-state index in [4.69, 9.17) is 16.3 Å². The van der Waals surface area contributed by atoms with Crippen LogP contribution >= 0.6 is 23.4 Å². The van der Waals surface area contributed by atoms with E-state index in [-0.39, 0.29) is 12.5 Å². The number of thioether (sulfide) groups is 1. The van der Waals surface area contributed by atoms with E-state index in [2.05, 4.69) is 5.32 Å². The highest BCUT2D eigenvalue weighted by molar-refractivity contribution is 7.99. The number of alkyl halides is 2. The molecule has 2 aromatic rings. The van der Waals surface area contributed by atoms with Crippen LogP contribution in [0.15, 0.2) is 53.4 Å². The van der Waals surface area contributed by atoms with Crippen LogP contribution in [0.1, 0.15) is 0 Å². The van der Waals surface area contributed by atoms with Crippen LogP contribution in [-0.4, -0.2) is 18.3 Å². The number of nitrogens with one attached hydrogen (secondary N) is 1. The molecule has 2 rings (SSSR count). The lowest BCUT2D eigenvalue weighted by Gasteiger charge is -2.08. The van der Waals surface area contributed by atoms with Crippen molar-refractivity contribution in [1.29, 1.82) is 0 Å². The van der Waals surface area contributed by atoms with Gasteiger partial charge in [-0.15, -0.1) is 0 Å². The Labute approximate surface area is 135 Å². The standard InChI is InChI=1S/C15H12ClF2NO2S/c16-10-1-5-12(6-2-10)21-9-14(20)19-11-3-7-13(8-4-11)22-15(17)18/h1-8,15H,9H2,(H,19,20). The van der Waals surface area contributed by atoms with Gasteiger partial charge >= 0.3 is 0 Å². The van der Waals surface area contributed by atoms with Crippen LogP contribution in [-0.2, 0) is 4.79 Å². The first-order chi connectivity index (χ1) is 10.5. The molecule has 7 heteroatoms. The number of carbonyl (C=O) groups excluding carboxylic acids is 1. The van der Waals surface area contributed by atoms with Gasteiger partial charge in [0.25, 0.3) is 11.7 Å². The Kier molecular flexibility index (Phi) is 6.03. The van der Waals surface area contributed by atoms with Crippen LogP contribution in [0.25, 0.3) is 0 Å². The average Bonchev–Trinajstić information content (AvgIpc) is 2.48. The molecular weight excluding hydrogens is 332 g/mol. The molecule has 1 amide bonds. The Morgan fingerprint density at radius 1 is 1.14 bits per heavy atom. The molecule has 0 radical (unpaired) electrons. The van der Waals surface area contributed by atoms with Crippen molar-refractivity contribution in [3.63, 3.8) is 0 Å². The molecular formula is C15H12ClF2NO2S. The molecule has 2 aromatic carbocycles. The lowest BCUT2D eigenvalue weighted by molar-refractivity contribution is -0.118. The first-order valence-corrected chi connectivity index (χ1v) is 7.52. The van der Waals surface area contributed by atoms with Gasteiger partial charge < -0.3 is 10.1 Å². The van der Waals surface area contributed by atoms with E-state index in [1.165, 1.54) is 12.1 Å². The van der Waals surface area contributed by atoms with Gasteiger partial charge in [-0.2, -0.15) is 8.78 Å². The van der Waals surface area contributed by atoms with Gasteiger partial charge in [0, 0.05) is 15.6 Å². The summed E-state index contributed by atoms with van der Waals surface area (Å²) in [6.45, 7) is -0.158. The van der Waals surface area contributed by atoms with E-state index in [1.54, 1.807) is 36.4 Å². The second kappa shape index (κ2) is 8.00. The van der Waals surface area contributed by atoms with E-state index in [9.17, 15) is 13.6 Å². The molecule has 0 aliphatic carbocycles. The fourth-order valence-corrected chi connectivity index (χ4v) is 2.22. The molecule has 0 bridgehead atoms. The van der Waals surface area contributed by atoms with E-state index in [1.807, 2.05) is 0 Å². The van der Waals surface area contributed by atoms with Gasteiger partial charge in [-0.05, 0) is 48.5 Å². The van der Waals surface area contributed by atoms with Gasteiger partial charge in [-0.1, -0.05) is 23.4 Å². The molecule has 0 aliphatic rings. The van der Waals surface area contributed by atoms with Crippen LogP contribution in [0, 0.1) is 0 Å². The van der Waals surface area contributed by atoms with Gasteiger partial charge in [-0.25, -0.2) is 0 Å². The smallest absolute Gasteiger partial charge is 0.288 e.